The first kappa shape index (κ1) is 34.7. The molecule has 0 aliphatic heterocycles. The summed E-state index contributed by atoms with van der Waals surface area (Å²) in [6.45, 7) is 9.09. The van der Waals surface area contributed by atoms with Crippen LogP contribution < -0.4 is 18.9 Å². The number of aromatic hydroxyl groups is 1. The predicted molar refractivity (Wildman–Crippen MR) is 166 cm³/mol. The summed E-state index contributed by atoms with van der Waals surface area (Å²) in [6, 6.07) is 5.04. The SMILES string of the molecule is COc1cc(O)c(C(=O)/C=C/c2ccc(OC)c(OC)c2C/C=C(\C)CCCC(C)(C)O)c(OC)c1CCC(C)(C)O. The zero-order chi connectivity index (χ0) is 31.7. The molecule has 0 aromatic heterocycles. The van der Waals surface area contributed by atoms with Crippen molar-refractivity contribution in [3.8, 4) is 28.7 Å². The van der Waals surface area contributed by atoms with Crippen molar-refractivity contribution in [2.75, 3.05) is 28.4 Å². The van der Waals surface area contributed by atoms with Gasteiger partial charge in [-0.1, -0.05) is 23.8 Å². The second-order valence-electron chi connectivity index (χ2n) is 11.8. The van der Waals surface area contributed by atoms with Crippen LogP contribution in [-0.2, 0) is 12.8 Å². The van der Waals surface area contributed by atoms with Crippen LogP contribution in [0, 0.1) is 0 Å². The third kappa shape index (κ3) is 9.81. The number of phenolic OH excluding ortho intramolecular Hbond substituents is 1. The van der Waals surface area contributed by atoms with Crippen LogP contribution in [0.4, 0.5) is 0 Å². The van der Waals surface area contributed by atoms with Crippen molar-refractivity contribution < 1.29 is 39.1 Å². The lowest BCUT2D eigenvalue weighted by atomic mass is 9.94. The number of ketones is 1. The highest BCUT2D eigenvalue weighted by atomic mass is 16.5. The van der Waals surface area contributed by atoms with Crippen LogP contribution in [-0.4, -0.2) is 60.7 Å². The molecule has 0 unspecified atom stereocenters. The summed E-state index contributed by atoms with van der Waals surface area (Å²) >= 11 is 0. The number of ether oxygens (including phenoxy) is 4. The number of hydrogen-bond acceptors (Lipinski definition) is 8. The maximum atomic E-state index is 13.5. The highest BCUT2D eigenvalue weighted by molar-refractivity contribution is 6.11. The molecule has 0 saturated heterocycles. The second kappa shape index (κ2) is 15.1. The van der Waals surface area contributed by atoms with Gasteiger partial charge in [0.25, 0.3) is 0 Å². The molecule has 0 aliphatic carbocycles. The lowest BCUT2D eigenvalue weighted by molar-refractivity contribution is 0.0687. The van der Waals surface area contributed by atoms with Crippen LogP contribution in [0.1, 0.15) is 87.4 Å². The fraction of sp³-hybridized carbons (Fsp3) is 0.500. The Morgan fingerprint density at radius 2 is 1.48 bits per heavy atom. The van der Waals surface area contributed by atoms with E-state index in [1.54, 1.807) is 40.2 Å². The number of phenols is 1. The average Bonchev–Trinajstić information content (AvgIpc) is 2.91. The van der Waals surface area contributed by atoms with Gasteiger partial charge in [-0.2, -0.15) is 0 Å². The Hall–Kier alpha value is -3.49. The summed E-state index contributed by atoms with van der Waals surface area (Å²) < 4.78 is 22.3. The number of hydrogen-bond donors (Lipinski definition) is 3. The Morgan fingerprint density at radius 1 is 0.857 bits per heavy atom. The zero-order valence-corrected chi connectivity index (χ0v) is 26.6. The van der Waals surface area contributed by atoms with Crippen molar-refractivity contribution in [1.29, 1.82) is 0 Å². The van der Waals surface area contributed by atoms with Gasteiger partial charge in [0.2, 0.25) is 0 Å². The molecule has 2 aromatic carbocycles. The largest absolute Gasteiger partial charge is 0.507 e. The minimum Gasteiger partial charge on any atom is -0.507 e. The van der Waals surface area contributed by atoms with Crippen LogP contribution in [0.25, 0.3) is 6.08 Å². The summed E-state index contributed by atoms with van der Waals surface area (Å²) in [4.78, 5) is 13.5. The topological polar surface area (TPSA) is 115 Å². The molecule has 2 aromatic rings. The van der Waals surface area contributed by atoms with Gasteiger partial charge in [0, 0.05) is 17.2 Å². The Kier molecular flexibility index (Phi) is 12.5. The normalized spacial score (nSPS) is 12.5. The Morgan fingerprint density at radius 3 is 2.02 bits per heavy atom. The summed E-state index contributed by atoms with van der Waals surface area (Å²) in [7, 11) is 6.07. The Bertz CT molecular complexity index is 1280. The van der Waals surface area contributed by atoms with Gasteiger partial charge >= 0.3 is 0 Å². The molecule has 0 heterocycles. The summed E-state index contributed by atoms with van der Waals surface area (Å²) in [5, 5.41) is 31.1. The van der Waals surface area contributed by atoms with Gasteiger partial charge in [-0.15, -0.1) is 0 Å². The molecule has 0 spiro atoms. The van der Waals surface area contributed by atoms with E-state index in [1.165, 1.54) is 31.9 Å². The number of carbonyl (C=O) groups is 1. The lowest BCUT2D eigenvalue weighted by Gasteiger charge is -2.21. The third-order valence-electron chi connectivity index (χ3n) is 7.09. The molecule has 2 rings (SSSR count). The van der Waals surface area contributed by atoms with E-state index in [9.17, 15) is 20.1 Å². The first-order valence-corrected chi connectivity index (χ1v) is 14.2. The van der Waals surface area contributed by atoms with Crippen LogP contribution in [0.2, 0.25) is 0 Å². The van der Waals surface area contributed by atoms with E-state index in [2.05, 4.69) is 13.0 Å². The fourth-order valence-corrected chi connectivity index (χ4v) is 4.78. The van der Waals surface area contributed by atoms with E-state index in [1.807, 2.05) is 19.9 Å². The molecule has 0 fully saturated rings. The van der Waals surface area contributed by atoms with Crippen molar-refractivity contribution in [3.05, 3.63) is 58.2 Å². The van der Waals surface area contributed by atoms with Gasteiger partial charge in [-0.05, 0) is 90.8 Å². The average molecular weight is 585 g/mol. The number of rotatable bonds is 16. The quantitative estimate of drug-likeness (QED) is 0.117. The summed E-state index contributed by atoms with van der Waals surface area (Å²) in [5.41, 5.74) is 1.76. The van der Waals surface area contributed by atoms with Crippen molar-refractivity contribution in [3.63, 3.8) is 0 Å². The van der Waals surface area contributed by atoms with Crippen LogP contribution in [0.3, 0.4) is 0 Å². The fourth-order valence-electron chi connectivity index (χ4n) is 4.78. The molecule has 42 heavy (non-hydrogen) atoms. The summed E-state index contributed by atoms with van der Waals surface area (Å²) in [5.74, 6) is 1.03. The van der Waals surface area contributed by atoms with Gasteiger partial charge in [-0.25, -0.2) is 0 Å². The van der Waals surface area contributed by atoms with Crippen LogP contribution >= 0.6 is 0 Å². The van der Waals surface area contributed by atoms with Crippen LogP contribution in [0.15, 0.2) is 35.9 Å². The number of methoxy groups -OCH3 is 4. The lowest BCUT2D eigenvalue weighted by Crippen LogP contribution is -2.19. The summed E-state index contributed by atoms with van der Waals surface area (Å²) in [6.07, 6.45) is 8.95. The molecule has 232 valence electrons. The second-order valence-corrected chi connectivity index (χ2v) is 11.8. The molecule has 0 saturated carbocycles. The minimum absolute atomic E-state index is 0.0184. The third-order valence-corrected chi connectivity index (χ3v) is 7.09. The standard InChI is InChI=1S/C34H48O8/c1-22(11-10-19-33(2,3)37)12-15-24-23(14-17-28(39-6)31(24)41-8)13-16-26(35)30-27(36)21-29(40-7)25(32(30)42-9)18-20-34(4,5)38/h12-14,16-17,21,36-38H,10-11,15,18-20H2,1-9H3/b16-13+,22-12+. The minimum atomic E-state index is -0.940. The van der Waals surface area contributed by atoms with Crippen molar-refractivity contribution in [2.45, 2.75) is 84.3 Å². The smallest absolute Gasteiger partial charge is 0.193 e. The zero-order valence-electron chi connectivity index (χ0n) is 26.6. The van der Waals surface area contributed by atoms with Gasteiger partial charge in [0.05, 0.1) is 39.6 Å². The molecule has 8 nitrogen and oxygen atoms in total. The molecule has 0 atom stereocenters. The highest BCUT2D eigenvalue weighted by Gasteiger charge is 2.25. The van der Waals surface area contributed by atoms with E-state index in [-0.39, 0.29) is 17.1 Å². The first-order chi connectivity index (χ1) is 19.6. The Labute approximate surface area is 250 Å². The number of aliphatic hydroxyl groups is 2. The molecular weight excluding hydrogens is 536 g/mol. The van der Waals surface area contributed by atoms with Crippen LogP contribution in [0.5, 0.6) is 28.7 Å². The van der Waals surface area contributed by atoms with Crippen molar-refractivity contribution in [2.24, 2.45) is 0 Å². The molecule has 0 amide bonds. The van der Waals surface area contributed by atoms with E-state index < -0.39 is 17.0 Å². The van der Waals surface area contributed by atoms with Gasteiger partial charge in [0.1, 0.15) is 22.8 Å². The molecule has 3 N–H and O–H groups in total. The van der Waals surface area contributed by atoms with Crippen molar-refractivity contribution >= 4 is 11.9 Å². The number of allylic oxidation sites excluding steroid dienone is 3. The van der Waals surface area contributed by atoms with Gasteiger partial charge < -0.3 is 34.3 Å². The monoisotopic (exact) mass is 584 g/mol. The molecule has 8 heteroatoms. The number of carbonyl (C=O) groups excluding carboxylic acids is 1. The molecule has 0 radical (unpaired) electrons. The van der Waals surface area contributed by atoms with E-state index >= 15 is 0 Å². The molecule has 0 bridgehead atoms. The van der Waals surface area contributed by atoms with E-state index in [0.29, 0.717) is 48.5 Å². The molecule has 0 aliphatic rings. The highest BCUT2D eigenvalue weighted by Crippen LogP contribution is 2.41. The maximum absolute atomic E-state index is 13.5. The van der Waals surface area contributed by atoms with Gasteiger partial charge in [0.15, 0.2) is 17.3 Å². The van der Waals surface area contributed by atoms with Crippen molar-refractivity contribution in [1.82, 2.24) is 0 Å². The van der Waals surface area contributed by atoms with E-state index in [4.69, 9.17) is 18.9 Å². The first-order valence-electron chi connectivity index (χ1n) is 14.2. The van der Waals surface area contributed by atoms with Gasteiger partial charge in [-0.3, -0.25) is 4.79 Å². The molecular formula is C34H48O8. The van der Waals surface area contributed by atoms with E-state index in [0.717, 1.165) is 24.0 Å². The predicted octanol–water partition coefficient (Wildman–Crippen LogP) is 6.46. The Balaban J connectivity index is 2.48. The maximum Gasteiger partial charge on any atom is 0.193 e. The number of benzene rings is 2.